The minimum absolute atomic E-state index is 0.0312. The molecule has 2 fully saturated rings. The molecule has 2 aliphatic rings. The molecule has 2 atom stereocenters. The van der Waals surface area contributed by atoms with Crippen LogP contribution in [0.4, 0.5) is 26.0 Å². The van der Waals surface area contributed by atoms with Gasteiger partial charge in [-0.1, -0.05) is 11.6 Å². The lowest BCUT2D eigenvalue weighted by molar-refractivity contribution is -0.116. The fourth-order valence-electron chi connectivity index (χ4n) is 4.44. The maximum Gasteiger partial charge on any atom is 0.284 e. The van der Waals surface area contributed by atoms with Crippen molar-refractivity contribution < 1.29 is 27.8 Å². The largest absolute Gasteiger partial charge is 0.492 e. The number of amides is 1. The highest BCUT2D eigenvalue weighted by atomic mass is 35.5. The summed E-state index contributed by atoms with van der Waals surface area (Å²) >= 11 is 5.90. The summed E-state index contributed by atoms with van der Waals surface area (Å²) in [6.45, 7) is 4.69. The standard InChI is InChI=1S/C26H26ClF2N5O4/c1-2-36-22-11-20-16(25(31-14-30-20)32-15-3-4-18(28)17(27)9-15)10-21(22)33-26(35)19(29)5-6-34-12-23-24(13-34)38-8-7-37-23/h3-5,9-11,14,23-24H,2,6-8,12-13H2,1H3,(H,33,35)(H,30,31,32)/t23-,24+. The maximum absolute atomic E-state index is 14.8. The average molecular weight is 546 g/mol. The number of ether oxygens (including phenoxy) is 3. The van der Waals surface area contributed by atoms with E-state index in [1.54, 1.807) is 19.1 Å². The molecule has 0 bridgehead atoms. The summed E-state index contributed by atoms with van der Waals surface area (Å²) in [5, 5.41) is 6.14. The highest BCUT2D eigenvalue weighted by Gasteiger charge is 2.36. The fourth-order valence-corrected chi connectivity index (χ4v) is 4.62. The first kappa shape index (κ1) is 26.2. The summed E-state index contributed by atoms with van der Waals surface area (Å²) in [6.07, 6.45) is 2.53. The monoisotopic (exact) mass is 545 g/mol. The van der Waals surface area contributed by atoms with Gasteiger partial charge >= 0.3 is 0 Å². The van der Waals surface area contributed by atoms with Crippen LogP contribution >= 0.6 is 11.6 Å². The Hall–Kier alpha value is -3.38. The molecule has 2 saturated heterocycles. The number of anilines is 3. The minimum Gasteiger partial charge on any atom is -0.492 e. The quantitative estimate of drug-likeness (QED) is 0.401. The molecule has 2 N–H and O–H groups in total. The van der Waals surface area contributed by atoms with Gasteiger partial charge in [0.2, 0.25) is 0 Å². The molecule has 200 valence electrons. The lowest BCUT2D eigenvalue weighted by Crippen LogP contribution is -2.36. The second kappa shape index (κ2) is 11.6. The molecule has 3 aromatic rings. The Bertz CT molecular complexity index is 1360. The Morgan fingerprint density at radius 2 is 1.97 bits per heavy atom. The fraction of sp³-hybridized carbons (Fsp3) is 0.346. The van der Waals surface area contributed by atoms with Crippen LogP contribution < -0.4 is 15.4 Å². The Balaban J connectivity index is 1.35. The summed E-state index contributed by atoms with van der Waals surface area (Å²) in [4.78, 5) is 23.3. The third kappa shape index (κ3) is 5.86. The van der Waals surface area contributed by atoms with Crippen molar-refractivity contribution in [2.75, 3.05) is 50.1 Å². The molecule has 1 amide bonds. The van der Waals surface area contributed by atoms with Gasteiger partial charge < -0.3 is 24.8 Å². The Morgan fingerprint density at radius 3 is 2.68 bits per heavy atom. The van der Waals surface area contributed by atoms with E-state index in [1.807, 2.05) is 4.90 Å². The molecule has 38 heavy (non-hydrogen) atoms. The Morgan fingerprint density at radius 1 is 1.21 bits per heavy atom. The maximum atomic E-state index is 14.8. The molecule has 0 aliphatic carbocycles. The SMILES string of the molecule is CCOc1cc2ncnc(Nc3ccc(F)c(Cl)c3)c2cc1NC(=O)C(F)=CCN1C[C@@H]2OCCO[C@@H]2C1. The van der Waals surface area contributed by atoms with Crippen LogP contribution in [0.5, 0.6) is 5.75 Å². The number of halogens is 3. The number of hydrogen-bond acceptors (Lipinski definition) is 8. The number of fused-ring (bicyclic) bond motifs is 2. The van der Waals surface area contributed by atoms with Crippen LogP contribution in [0.15, 0.2) is 48.6 Å². The lowest BCUT2D eigenvalue weighted by Gasteiger charge is -2.24. The number of nitrogens with zero attached hydrogens (tertiary/aromatic N) is 3. The summed E-state index contributed by atoms with van der Waals surface area (Å²) in [6, 6.07) is 7.40. The molecule has 5 rings (SSSR count). The van der Waals surface area contributed by atoms with Crippen molar-refractivity contribution in [3.8, 4) is 5.75 Å². The molecule has 0 unspecified atom stereocenters. The number of carbonyl (C=O) groups excluding carboxylic acids is 1. The van der Waals surface area contributed by atoms with E-state index < -0.39 is 17.6 Å². The predicted octanol–water partition coefficient (Wildman–Crippen LogP) is 4.46. The zero-order chi connectivity index (χ0) is 26.6. The van der Waals surface area contributed by atoms with Gasteiger partial charge in [-0.2, -0.15) is 0 Å². The summed E-state index contributed by atoms with van der Waals surface area (Å²) in [5.41, 5.74) is 1.27. The van der Waals surface area contributed by atoms with Crippen molar-refractivity contribution in [2.24, 2.45) is 0 Å². The zero-order valence-electron chi connectivity index (χ0n) is 20.5. The smallest absolute Gasteiger partial charge is 0.284 e. The molecular formula is C26H26ClF2N5O4. The number of aromatic nitrogens is 2. The van der Waals surface area contributed by atoms with E-state index in [2.05, 4.69) is 20.6 Å². The van der Waals surface area contributed by atoms with E-state index in [0.717, 1.165) is 0 Å². The van der Waals surface area contributed by atoms with Crippen LogP contribution in [0, 0.1) is 5.82 Å². The molecule has 9 nitrogen and oxygen atoms in total. The first-order chi connectivity index (χ1) is 18.4. The molecule has 12 heteroatoms. The highest BCUT2D eigenvalue weighted by molar-refractivity contribution is 6.31. The summed E-state index contributed by atoms with van der Waals surface area (Å²) in [5.74, 6) is -1.67. The van der Waals surface area contributed by atoms with Crippen molar-refractivity contribution in [3.63, 3.8) is 0 Å². The van der Waals surface area contributed by atoms with Gasteiger partial charge in [-0.25, -0.2) is 18.7 Å². The first-order valence-electron chi connectivity index (χ1n) is 12.2. The van der Waals surface area contributed by atoms with E-state index in [-0.39, 0.29) is 29.5 Å². The van der Waals surface area contributed by atoms with Crippen LogP contribution in [0.1, 0.15) is 6.92 Å². The predicted molar refractivity (Wildman–Crippen MR) is 139 cm³/mol. The van der Waals surface area contributed by atoms with Crippen LogP contribution in [0.25, 0.3) is 10.9 Å². The Kier molecular flexibility index (Phi) is 7.98. The van der Waals surface area contributed by atoms with Crippen molar-refractivity contribution >= 4 is 45.6 Å². The van der Waals surface area contributed by atoms with Gasteiger partial charge in [-0.3, -0.25) is 9.69 Å². The van der Waals surface area contributed by atoms with Gasteiger partial charge in [-0.15, -0.1) is 0 Å². The molecule has 2 aromatic carbocycles. The normalized spacial score (nSPS) is 19.8. The van der Waals surface area contributed by atoms with Gasteiger partial charge in [0.25, 0.3) is 5.91 Å². The first-order valence-corrected chi connectivity index (χ1v) is 12.5. The summed E-state index contributed by atoms with van der Waals surface area (Å²) < 4.78 is 45.4. The Labute approximate surface area is 222 Å². The van der Waals surface area contributed by atoms with E-state index >= 15 is 0 Å². The van der Waals surface area contributed by atoms with Gasteiger partial charge in [0.05, 0.1) is 48.3 Å². The van der Waals surface area contributed by atoms with Crippen molar-refractivity contribution in [1.82, 2.24) is 14.9 Å². The number of benzene rings is 2. The number of rotatable bonds is 8. The van der Waals surface area contributed by atoms with Crippen LogP contribution in [-0.4, -0.2) is 72.4 Å². The van der Waals surface area contributed by atoms with Gasteiger partial charge in [0.15, 0.2) is 5.83 Å². The van der Waals surface area contributed by atoms with Crippen LogP contribution in [0.2, 0.25) is 5.02 Å². The average Bonchev–Trinajstić information content (AvgIpc) is 3.33. The lowest BCUT2D eigenvalue weighted by atomic mass is 10.1. The third-order valence-corrected chi connectivity index (χ3v) is 6.54. The molecule has 3 heterocycles. The molecule has 0 saturated carbocycles. The van der Waals surface area contributed by atoms with Gasteiger partial charge in [0.1, 0.15) is 23.7 Å². The van der Waals surface area contributed by atoms with Crippen molar-refractivity contribution in [2.45, 2.75) is 19.1 Å². The zero-order valence-corrected chi connectivity index (χ0v) is 21.3. The third-order valence-electron chi connectivity index (χ3n) is 6.25. The van der Waals surface area contributed by atoms with E-state index in [0.29, 0.717) is 61.1 Å². The highest BCUT2D eigenvalue weighted by Crippen LogP contribution is 2.34. The van der Waals surface area contributed by atoms with Crippen LogP contribution in [0.3, 0.4) is 0 Å². The van der Waals surface area contributed by atoms with E-state index in [1.165, 1.54) is 30.6 Å². The molecule has 2 aliphatic heterocycles. The summed E-state index contributed by atoms with van der Waals surface area (Å²) in [7, 11) is 0. The molecule has 1 aromatic heterocycles. The van der Waals surface area contributed by atoms with Crippen LogP contribution in [-0.2, 0) is 14.3 Å². The van der Waals surface area contributed by atoms with E-state index in [4.69, 9.17) is 25.8 Å². The van der Waals surface area contributed by atoms with E-state index in [9.17, 15) is 13.6 Å². The number of carbonyl (C=O) groups is 1. The second-order valence-corrected chi connectivity index (χ2v) is 9.23. The van der Waals surface area contributed by atoms with Gasteiger partial charge in [-0.05, 0) is 37.3 Å². The van der Waals surface area contributed by atoms with Gasteiger partial charge in [0, 0.05) is 36.8 Å². The molecular weight excluding hydrogens is 520 g/mol. The number of hydrogen-bond donors (Lipinski definition) is 2. The second-order valence-electron chi connectivity index (χ2n) is 8.82. The molecule has 0 spiro atoms. The minimum atomic E-state index is -0.923. The molecule has 0 radical (unpaired) electrons. The van der Waals surface area contributed by atoms with Crippen molar-refractivity contribution in [1.29, 1.82) is 0 Å². The van der Waals surface area contributed by atoms with Crippen molar-refractivity contribution in [3.05, 3.63) is 59.4 Å². The topological polar surface area (TPSA) is 97.8 Å². The number of likely N-dealkylation sites (tertiary alicyclic amines) is 1. The number of nitrogens with one attached hydrogen (secondary N) is 2.